The summed E-state index contributed by atoms with van der Waals surface area (Å²) in [5, 5.41) is 11.2. The van der Waals surface area contributed by atoms with Crippen molar-refractivity contribution in [2.45, 2.75) is 58.9 Å². The van der Waals surface area contributed by atoms with Gasteiger partial charge in [0.1, 0.15) is 11.5 Å². The standard InChI is InChI=1S/C30H40N2O4/c1-5-7-18-31(19-8-6-2)20-9-21-32-27(23-14-16-25(36-4)17-15-23)26(29(34)30(32)35)28(33)24-12-10-22(3)11-13-24/h10-17,27,33H,5-9,18-21H2,1-4H3/t27-/m0/s1. The molecule has 1 fully saturated rings. The van der Waals surface area contributed by atoms with Crippen LogP contribution < -0.4 is 4.74 Å². The topological polar surface area (TPSA) is 70.1 Å². The Bertz CT molecular complexity index is 1040. The summed E-state index contributed by atoms with van der Waals surface area (Å²) in [4.78, 5) is 30.5. The monoisotopic (exact) mass is 492 g/mol. The lowest BCUT2D eigenvalue weighted by Crippen LogP contribution is -2.34. The first-order valence-corrected chi connectivity index (χ1v) is 13.1. The first kappa shape index (κ1) is 27.5. The van der Waals surface area contributed by atoms with E-state index in [1.807, 2.05) is 43.3 Å². The number of hydrogen-bond acceptors (Lipinski definition) is 5. The number of unbranched alkanes of at least 4 members (excludes halogenated alkanes) is 2. The number of aryl methyl sites for hydroxylation is 1. The van der Waals surface area contributed by atoms with E-state index in [0.717, 1.165) is 62.9 Å². The summed E-state index contributed by atoms with van der Waals surface area (Å²) in [6, 6.07) is 14.0. The SMILES string of the molecule is CCCCN(CCCC)CCCN1C(=O)C(=O)C(=C(O)c2ccc(C)cc2)[C@@H]1c1ccc(OC)cc1. The molecule has 194 valence electrons. The minimum atomic E-state index is -0.642. The predicted octanol–water partition coefficient (Wildman–Crippen LogP) is 5.72. The van der Waals surface area contributed by atoms with Crippen LogP contribution in [0.15, 0.2) is 54.1 Å². The van der Waals surface area contributed by atoms with E-state index in [4.69, 9.17) is 4.74 Å². The van der Waals surface area contributed by atoms with E-state index in [9.17, 15) is 14.7 Å². The van der Waals surface area contributed by atoms with Gasteiger partial charge in [-0.05, 0) is 63.5 Å². The van der Waals surface area contributed by atoms with E-state index in [2.05, 4.69) is 18.7 Å². The lowest BCUT2D eigenvalue weighted by molar-refractivity contribution is -0.140. The largest absolute Gasteiger partial charge is 0.507 e. The van der Waals surface area contributed by atoms with Crippen LogP contribution in [-0.4, -0.2) is 59.9 Å². The van der Waals surface area contributed by atoms with Crippen LogP contribution in [0.5, 0.6) is 5.75 Å². The number of nitrogens with zero attached hydrogens (tertiary/aromatic N) is 2. The maximum Gasteiger partial charge on any atom is 0.295 e. The minimum absolute atomic E-state index is 0.135. The highest BCUT2D eigenvalue weighted by atomic mass is 16.5. The number of ether oxygens (including phenoxy) is 1. The Morgan fingerprint density at radius 3 is 2.06 bits per heavy atom. The van der Waals surface area contributed by atoms with E-state index < -0.39 is 17.7 Å². The molecule has 1 aliphatic heterocycles. The number of aliphatic hydroxyl groups is 1. The maximum absolute atomic E-state index is 13.2. The third-order valence-corrected chi connectivity index (χ3v) is 6.83. The van der Waals surface area contributed by atoms with Gasteiger partial charge in [0.15, 0.2) is 0 Å². The molecule has 1 amide bonds. The number of methoxy groups -OCH3 is 1. The molecule has 36 heavy (non-hydrogen) atoms. The maximum atomic E-state index is 13.2. The third kappa shape index (κ3) is 6.55. The van der Waals surface area contributed by atoms with E-state index >= 15 is 0 Å². The lowest BCUT2D eigenvalue weighted by atomic mass is 9.95. The van der Waals surface area contributed by atoms with Gasteiger partial charge in [-0.2, -0.15) is 0 Å². The molecule has 6 heteroatoms. The number of aliphatic hydroxyl groups excluding tert-OH is 1. The Hall–Kier alpha value is -3.12. The van der Waals surface area contributed by atoms with Crippen molar-refractivity contribution in [1.82, 2.24) is 9.80 Å². The second kappa shape index (κ2) is 13.3. The summed E-state index contributed by atoms with van der Waals surface area (Å²) in [6.07, 6.45) is 5.35. The number of ketones is 1. The minimum Gasteiger partial charge on any atom is -0.507 e. The number of carbonyl (C=O) groups excluding carboxylic acids is 2. The molecular formula is C30H40N2O4. The molecule has 0 aliphatic carbocycles. The fourth-order valence-corrected chi connectivity index (χ4v) is 4.67. The molecule has 2 aromatic rings. The van der Waals surface area contributed by atoms with Crippen LogP contribution in [0.1, 0.15) is 68.7 Å². The highest BCUT2D eigenvalue weighted by Crippen LogP contribution is 2.39. The zero-order chi connectivity index (χ0) is 26.1. The fraction of sp³-hybridized carbons (Fsp3) is 0.467. The lowest BCUT2D eigenvalue weighted by Gasteiger charge is -2.27. The predicted molar refractivity (Wildman–Crippen MR) is 144 cm³/mol. The smallest absolute Gasteiger partial charge is 0.295 e. The van der Waals surface area contributed by atoms with Crippen molar-refractivity contribution in [3.63, 3.8) is 0 Å². The molecule has 1 N–H and O–H groups in total. The normalized spacial score (nSPS) is 17.2. The number of Topliss-reactive ketones (excluding diaryl/α,β-unsaturated/α-hetero) is 1. The van der Waals surface area contributed by atoms with Crippen LogP contribution in [0.25, 0.3) is 5.76 Å². The number of hydrogen-bond donors (Lipinski definition) is 1. The van der Waals surface area contributed by atoms with E-state index in [-0.39, 0.29) is 11.3 Å². The van der Waals surface area contributed by atoms with E-state index in [0.29, 0.717) is 17.9 Å². The Kier molecular flexibility index (Phi) is 10.1. The Morgan fingerprint density at radius 2 is 1.50 bits per heavy atom. The second-order valence-electron chi connectivity index (χ2n) is 9.53. The van der Waals surface area contributed by atoms with Crippen molar-refractivity contribution in [3.8, 4) is 5.75 Å². The quantitative estimate of drug-likeness (QED) is 0.220. The molecule has 0 saturated carbocycles. The van der Waals surface area contributed by atoms with Gasteiger partial charge in [-0.15, -0.1) is 0 Å². The fourth-order valence-electron chi connectivity index (χ4n) is 4.67. The average Bonchev–Trinajstić information content (AvgIpc) is 3.15. The molecule has 1 atom stereocenters. The molecule has 2 aromatic carbocycles. The van der Waals surface area contributed by atoms with Crippen molar-refractivity contribution in [1.29, 1.82) is 0 Å². The summed E-state index contributed by atoms with van der Waals surface area (Å²) in [5.41, 5.74) is 2.50. The van der Waals surface area contributed by atoms with Crippen LogP contribution in [0, 0.1) is 6.92 Å². The highest BCUT2D eigenvalue weighted by molar-refractivity contribution is 6.46. The second-order valence-corrected chi connectivity index (χ2v) is 9.53. The molecule has 1 saturated heterocycles. The van der Waals surface area contributed by atoms with Gasteiger partial charge in [-0.1, -0.05) is 68.7 Å². The van der Waals surface area contributed by atoms with Gasteiger partial charge in [0.05, 0.1) is 18.7 Å². The van der Waals surface area contributed by atoms with Crippen LogP contribution in [-0.2, 0) is 9.59 Å². The van der Waals surface area contributed by atoms with Gasteiger partial charge in [-0.3, -0.25) is 9.59 Å². The Labute approximate surface area is 215 Å². The molecule has 0 spiro atoms. The molecule has 0 aromatic heterocycles. The van der Waals surface area contributed by atoms with Gasteiger partial charge >= 0.3 is 0 Å². The summed E-state index contributed by atoms with van der Waals surface area (Å²) in [7, 11) is 1.60. The number of carbonyl (C=O) groups is 2. The van der Waals surface area contributed by atoms with E-state index in [1.165, 1.54) is 0 Å². The van der Waals surface area contributed by atoms with Crippen molar-refractivity contribution in [2.75, 3.05) is 33.3 Å². The number of rotatable bonds is 13. The number of likely N-dealkylation sites (tertiary alicyclic amines) is 1. The van der Waals surface area contributed by atoms with E-state index in [1.54, 1.807) is 24.1 Å². The van der Waals surface area contributed by atoms with Gasteiger partial charge in [-0.25, -0.2) is 0 Å². The Morgan fingerprint density at radius 1 is 0.917 bits per heavy atom. The summed E-state index contributed by atoms with van der Waals surface area (Å²) in [5.74, 6) is -0.637. The van der Waals surface area contributed by atoms with Gasteiger partial charge < -0.3 is 19.6 Å². The Balaban J connectivity index is 1.91. The van der Waals surface area contributed by atoms with Crippen LogP contribution >= 0.6 is 0 Å². The summed E-state index contributed by atoms with van der Waals surface area (Å²) in [6.45, 7) is 9.76. The number of amides is 1. The van der Waals surface area contributed by atoms with Crippen LogP contribution in [0.4, 0.5) is 0 Å². The van der Waals surface area contributed by atoms with Crippen LogP contribution in [0.2, 0.25) is 0 Å². The van der Waals surface area contributed by atoms with Crippen molar-refractivity contribution in [2.24, 2.45) is 0 Å². The summed E-state index contributed by atoms with van der Waals surface area (Å²) < 4.78 is 5.30. The van der Waals surface area contributed by atoms with Gasteiger partial charge in [0, 0.05) is 12.1 Å². The average molecular weight is 493 g/mol. The van der Waals surface area contributed by atoms with Crippen molar-refractivity contribution < 1.29 is 19.4 Å². The van der Waals surface area contributed by atoms with Crippen molar-refractivity contribution >= 4 is 17.4 Å². The van der Waals surface area contributed by atoms with Crippen LogP contribution in [0.3, 0.4) is 0 Å². The molecule has 1 heterocycles. The third-order valence-electron chi connectivity index (χ3n) is 6.83. The van der Waals surface area contributed by atoms with Gasteiger partial charge in [0.25, 0.3) is 11.7 Å². The molecular weight excluding hydrogens is 452 g/mol. The first-order chi connectivity index (χ1) is 17.4. The molecule has 1 aliphatic rings. The van der Waals surface area contributed by atoms with Crippen molar-refractivity contribution in [3.05, 3.63) is 70.8 Å². The molecule has 0 bridgehead atoms. The summed E-state index contributed by atoms with van der Waals surface area (Å²) >= 11 is 0. The molecule has 0 unspecified atom stereocenters. The molecule has 6 nitrogen and oxygen atoms in total. The zero-order valence-electron chi connectivity index (χ0n) is 22.1. The first-order valence-electron chi connectivity index (χ1n) is 13.1. The zero-order valence-corrected chi connectivity index (χ0v) is 22.1. The number of benzene rings is 2. The molecule has 0 radical (unpaired) electrons. The van der Waals surface area contributed by atoms with Gasteiger partial charge in [0.2, 0.25) is 0 Å². The highest BCUT2D eigenvalue weighted by Gasteiger charge is 2.45. The molecule has 3 rings (SSSR count).